The van der Waals surface area contributed by atoms with Crippen LogP contribution in [0.1, 0.15) is 36.0 Å². The smallest absolute Gasteiger partial charge is 0.348 e. The zero-order chi connectivity index (χ0) is 17.3. The van der Waals surface area contributed by atoms with E-state index in [0.29, 0.717) is 17.1 Å². The second-order valence-corrected chi connectivity index (χ2v) is 7.61. The molecule has 2 aliphatic rings. The topological polar surface area (TPSA) is 46.5 Å². The van der Waals surface area contributed by atoms with Gasteiger partial charge < -0.3 is 9.84 Å². The molecule has 128 valence electrons. The van der Waals surface area contributed by atoms with Crippen molar-refractivity contribution in [3.63, 3.8) is 0 Å². The summed E-state index contributed by atoms with van der Waals surface area (Å²) in [6.45, 7) is 0. The van der Waals surface area contributed by atoms with E-state index in [0.717, 1.165) is 30.4 Å². The molecule has 2 aromatic rings. The molecule has 4 rings (SSSR count). The Morgan fingerprint density at radius 1 is 1.08 bits per heavy atom. The number of carbonyl (C=O) groups excluding carboxylic acids is 1. The van der Waals surface area contributed by atoms with Gasteiger partial charge in [-0.15, -0.1) is 11.8 Å². The Kier molecular flexibility index (Phi) is 4.30. The van der Waals surface area contributed by atoms with Crippen LogP contribution in [0.15, 0.2) is 65.3 Å². The predicted octanol–water partition coefficient (Wildman–Crippen LogP) is 4.87. The largest absolute Gasteiger partial charge is 0.511 e. The van der Waals surface area contributed by atoms with Crippen molar-refractivity contribution in [2.24, 2.45) is 0 Å². The number of esters is 1. The van der Waals surface area contributed by atoms with Crippen LogP contribution in [0.25, 0.3) is 0 Å². The van der Waals surface area contributed by atoms with Crippen molar-refractivity contribution in [1.29, 1.82) is 0 Å². The molecule has 4 heteroatoms. The van der Waals surface area contributed by atoms with Crippen LogP contribution in [-0.2, 0) is 27.3 Å². The molecule has 0 saturated carbocycles. The third kappa shape index (κ3) is 3.07. The maximum Gasteiger partial charge on any atom is 0.348 e. The zero-order valence-electron chi connectivity index (χ0n) is 13.9. The Morgan fingerprint density at radius 3 is 2.64 bits per heavy atom. The highest BCUT2D eigenvalue weighted by molar-refractivity contribution is 8.03. The summed E-state index contributed by atoms with van der Waals surface area (Å²) in [7, 11) is 0. The van der Waals surface area contributed by atoms with Crippen LogP contribution in [0, 0.1) is 0 Å². The SMILES string of the molecule is O=C1OC2(CCCc3ccccc32)CC(O)=C1SCc1ccccc1. The first kappa shape index (κ1) is 16.3. The third-order valence-electron chi connectivity index (χ3n) is 4.95. The molecule has 1 heterocycles. The molecule has 0 fully saturated rings. The fourth-order valence-electron chi connectivity index (χ4n) is 3.77. The van der Waals surface area contributed by atoms with Gasteiger partial charge >= 0.3 is 5.97 Å². The van der Waals surface area contributed by atoms with Crippen LogP contribution < -0.4 is 0 Å². The van der Waals surface area contributed by atoms with Crippen LogP contribution in [0.4, 0.5) is 0 Å². The monoisotopic (exact) mass is 352 g/mol. The molecule has 1 unspecified atom stereocenters. The minimum absolute atomic E-state index is 0.161. The molecule has 1 spiro atoms. The maximum absolute atomic E-state index is 12.6. The Bertz CT molecular complexity index is 828. The highest BCUT2D eigenvalue weighted by Crippen LogP contribution is 2.47. The zero-order valence-corrected chi connectivity index (χ0v) is 14.7. The van der Waals surface area contributed by atoms with E-state index < -0.39 is 11.6 Å². The van der Waals surface area contributed by atoms with Crippen LogP contribution in [0.2, 0.25) is 0 Å². The van der Waals surface area contributed by atoms with Crippen molar-refractivity contribution in [2.45, 2.75) is 37.0 Å². The van der Waals surface area contributed by atoms with Gasteiger partial charge in [0.1, 0.15) is 16.3 Å². The summed E-state index contributed by atoms with van der Waals surface area (Å²) in [6, 6.07) is 18.0. The van der Waals surface area contributed by atoms with Gasteiger partial charge in [0.2, 0.25) is 0 Å². The first-order chi connectivity index (χ1) is 12.2. The maximum atomic E-state index is 12.6. The average molecular weight is 352 g/mol. The van der Waals surface area contributed by atoms with Gasteiger partial charge in [-0.2, -0.15) is 0 Å². The number of carbonyl (C=O) groups is 1. The number of benzene rings is 2. The lowest BCUT2D eigenvalue weighted by Gasteiger charge is -2.41. The van der Waals surface area contributed by atoms with Crippen LogP contribution >= 0.6 is 11.8 Å². The van der Waals surface area contributed by atoms with E-state index in [4.69, 9.17) is 4.74 Å². The van der Waals surface area contributed by atoms with E-state index in [-0.39, 0.29) is 5.76 Å². The quantitative estimate of drug-likeness (QED) is 0.801. The Labute approximate surface area is 151 Å². The average Bonchev–Trinajstić information content (AvgIpc) is 2.62. The summed E-state index contributed by atoms with van der Waals surface area (Å²) in [4.78, 5) is 13.0. The minimum atomic E-state index is -0.702. The highest BCUT2D eigenvalue weighted by Gasteiger charge is 2.45. The van der Waals surface area contributed by atoms with Crippen molar-refractivity contribution >= 4 is 17.7 Å². The molecular formula is C21H20O3S. The lowest BCUT2D eigenvalue weighted by atomic mass is 9.76. The molecule has 1 N–H and O–H groups in total. The molecule has 2 aromatic carbocycles. The molecule has 1 aliphatic carbocycles. The summed E-state index contributed by atoms with van der Waals surface area (Å²) >= 11 is 1.35. The molecular weight excluding hydrogens is 332 g/mol. The van der Waals surface area contributed by atoms with Crippen molar-refractivity contribution in [3.05, 3.63) is 82.0 Å². The molecule has 1 aliphatic heterocycles. The molecule has 3 nitrogen and oxygen atoms in total. The van der Waals surface area contributed by atoms with Gasteiger partial charge in [-0.25, -0.2) is 4.79 Å². The summed E-state index contributed by atoms with van der Waals surface area (Å²) in [5.41, 5.74) is 2.68. The fourth-order valence-corrected chi connectivity index (χ4v) is 4.67. The Morgan fingerprint density at radius 2 is 1.84 bits per heavy atom. The molecule has 0 saturated heterocycles. The molecule has 25 heavy (non-hydrogen) atoms. The second kappa shape index (κ2) is 6.60. The van der Waals surface area contributed by atoms with Gasteiger partial charge in [-0.05, 0) is 36.0 Å². The number of fused-ring (bicyclic) bond motifs is 2. The number of hydrogen-bond donors (Lipinski definition) is 1. The van der Waals surface area contributed by atoms with E-state index in [1.807, 2.05) is 48.5 Å². The molecule has 0 bridgehead atoms. The summed E-state index contributed by atoms with van der Waals surface area (Å²) in [5.74, 6) is 0.397. The Hall–Kier alpha value is -2.20. The number of aliphatic hydroxyl groups excluding tert-OH is 1. The number of aryl methyl sites for hydroxylation is 1. The van der Waals surface area contributed by atoms with Crippen molar-refractivity contribution < 1.29 is 14.6 Å². The van der Waals surface area contributed by atoms with Crippen molar-refractivity contribution in [1.82, 2.24) is 0 Å². The van der Waals surface area contributed by atoms with Crippen LogP contribution in [-0.4, -0.2) is 11.1 Å². The second-order valence-electron chi connectivity index (χ2n) is 6.62. The first-order valence-corrected chi connectivity index (χ1v) is 9.57. The normalized spacial score (nSPS) is 22.6. The van der Waals surface area contributed by atoms with Gasteiger partial charge in [0, 0.05) is 5.75 Å². The number of thioether (sulfide) groups is 1. The number of hydrogen-bond acceptors (Lipinski definition) is 4. The van der Waals surface area contributed by atoms with Gasteiger partial charge in [0.05, 0.1) is 6.42 Å². The van der Waals surface area contributed by atoms with Gasteiger partial charge in [0.25, 0.3) is 0 Å². The van der Waals surface area contributed by atoms with E-state index in [1.54, 1.807) is 0 Å². The summed E-state index contributed by atoms with van der Waals surface area (Å²) < 4.78 is 5.94. The number of aliphatic hydroxyl groups is 1. The van der Waals surface area contributed by atoms with Crippen molar-refractivity contribution in [2.75, 3.05) is 0 Å². The first-order valence-electron chi connectivity index (χ1n) is 8.58. The molecule has 0 radical (unpaired) electrons. The van der Waals surface area contributed by atoms with Crippen LogP contribution in [0.3, 0.4) is 0 Å². The van der Waals surface area contributed by atoms with Gasteiger partial charge in [0.15, 0.2) is 0 Å². The highest BCUT2D eigenvalue weighted by atomic mass is 32.2. The number of ether oxygens (including phenoxy) is 1. The minimum Gasteiger partial charge on any atom is -0.511 e. The molecule has 0 amide bonds. The van der Waals surface area contributed by atoms with Crippen molar-refractivity contribution in [3.8, 4) is 0 Å². The standard InChI is InChI=1S/C21H20O3S/c22-18-13-21(12-6-10-16-9-4-5-11-17(16)21)24-20(23)19(18)25-14-15-7-2-1-3-8-15/h1-5,7-9,11,22H,6,10,12-14H2. The molecule has 0 aromatic heterocycles. The Balaban J connectivity index is 1.60. The lowest BCUT2D eigenvalue weighted by Crippen LogP contribution is -2.40. The van der Waals surface area contributed by atoms with Gasteiger partial charge in [-0.3, -0.25) is 0 Å². The summed E-state index contributed by atoms with van der Waals surface area (Å²) in [6.07, 6.45) is 3.09. The summed E-state index contributed by atoms with van der Waals surface area (Å²) in [5, 5.41) is 10.6. The van der Waals surface area contributed by atoms with E-state index in [9.17, 15) is 9.90 Å². The predicted molar refractivity (Wildman–Crippen MR) is 99.2 cm³/mol. The van der Waals surface area contributed by atoms with E-state index in [2.05, 4.69) is 6.07 Å². The lowest BCUT2D eigenvalue weighted by molar-refractivity contribution is -0.161. The van der Waals surface area contributed by atoms with E-state index >= 15 is 0 Å². The van der Waals surface area contributed by atoms with Gasteiger partial charge in [-0.1, -0.05) is 54.6 Å². The number of rotatable bonds is 3. The van der Waals surface area contributed by atoms with Crippen LogP contribution in [0.5, 0.6) is 0 Å². The fraction of sp³-hybridized carbons (Fsp3) is 0.286. The molecule has 1 atom stereocenters. The van der Waals surface area contributed by atoms with E-state index in [1.165, 1.54) is 17.3 Å². The third-order valence-corrected chi connectivity index (χ3v) is 6.12.